The van der Waals surface area contributed by atoms with Gasteiger partial charge in [0, 0.05) is 11.4 Å². The van der Waals surface area contributed by atoms with Gasteiger partial charge < -0.3 is 5.32 Å². The summed E-state index contributed by atoms with van der Waals surface area (Å²) in [6.07, 6.45) is 3.88. The molecule has 1 N–H and O–H groups in total. The summed E-state index contributed by atoms with van der Waals surface area (Å²) in [5, 5.41) is 4.40. The van der Waals surface area contributed by atoms with Crippen LogP contribution < -0.4 is 5.32 Å². The van der Waals surface area contributed by atoms with Gasteiger partial charge in [-0.05, 0) is 32.1 Å². The van der Waals surface area contributed by atoms with Crippen molar-refractivity contribution in [2.75, 3.05) is 11.9 Å². The first-order valence-corrected chi connectivity index (χ1v) is 5.86. The van der Waals surface area contributed by atoms with Crippen LogP contribution in [-0.2, 0) is 6.42 Å². The number of thiazole rings is 1. The number of rotatable bonds is 2. The number of fused-ring (bicyclic) bond motifs is 1. The molecule has 3 heteroatoms. The van der Waals surface area contributed by atoms with Crippen LogP contribution in [0.5, 0.6) is 0 Å². The van der Waals surface area contributed by atoms with Crippen LogP contribution in [0.25, 0.3) is 0 Å². The third-order valence-corrected chi connectivity index (χ3v) is 3.65. The molecule has 0 aromatic carbocycles. The number of nitrogens with one attached hydrogen (secondary N) is 1. The lowest BCUT2D eigenvalue weighted by Crippen LogP contribution is -2.05. The van der Waals surface area contributed by atoms with Gasteiger partial charge in [0.2, 0.25) is 0 Å². The van der Waals surface area contributed by atoms with E-state index >= 15 is 0 Å². The summed E-state index contributed by atoms with van der Waals surface area (Å²) in [7, 11) is 0. The van der Waals surface area contributed by atoms with Crippen molar-refractivity contribution in [3.05, 3.63) is 10.6 Å². The highest BCUT2D eigenvalue weighted by Gasteiger charge is 2.20. The fourth-order valence-corrected chi connectivity index (χ4v) is 3.05. The van der Waals surface area contributed by atoms with Crippen molar-refractivity contribution in [3.63, 3.8) is 0 Å². The first-order valence-electron chi connectivity index (χ1n) is 5.04. The Hall–Kier alpha value is -0.570. The largest absolute Gasteiger partial charge is 0.362 e. The van der Waals surface area contributed by atoms with E-state index < -0.39 is 0 Å². The molecule has 1 atom stereocenters. The minimum absolute atomic E-state index is 0.674. The summed E-state index contributed by atoms with van der Waals surface area (Å²) in [4.78, 5) is 6.14. The Kier molecular flexibility index (Phi) is 2.54. The lowest BCUT2D eigenvalue weighted by molar-refractivity contribution is 0.584. The van der Waals surface area contributed by atoms with Crippen LogP contribution in [0.3, 0.4) is 0 Å². The van der Waals surface area contributed by atoms with Crippen molar-refractivity contribution in [1.82, 2.24) is 4.98 Å². The van der Waals surface area contributed by atoms with Crippen molar-refractivity contribution in [2.24, 2.45) is 0 Å². The third kappa shape index (κ3) is 1.70. The number of aryl methyl sites for hydroxylation is 1. The summed E-state index contributed by atoms with van der Waals surface area (Å²) in [6.45, 7) is 5.37. The van der Waals surface area contributed by atoms with E-state index in [2.05, 4.69) is 24.1 Å². The average molecular weight is 196 g/mol. The Morgan fingerprint density at radius 2 is 2.46 bits per heavy atom. The second-order valence-corrected chi connectivity index (χ2v) is 4.73. The molecule has 0 radical (unpaired) electrons. The van der Waals surface area contributed by atoms with Gasteiger partial charge in [-0.1, -0.05) is 6.92 Å². The highest BCUT2D eigenvalue weighted by Crippen LogP contribution is 2.35. The van der Waals surface area contributed by atoms with Crippen LogP contribution in [0.15, 0.2) is 0 Å². The van der Waals surface area contributed by atoms with E-state index in [0.29, 0.717) is 5.92 Å². The summed E-state index contributed by atoms with van der Waals surface area (Å²) in [6, 6.07) is 0. The van der Waals surface area contributed by atoms with Crippen LogP contribution in [0.2, 0.25) is 0 Å². The molecule has 0 spiro atoms. The molecule has 0 saturated carbocycles. The van der Waals surface area contributed by atoms with E-state index in [9.17, 15) is 0 Å². The standard InChI is InChI=1S/C10H16N2S/c1-3-11-10-12-9-7(2)5-4-6-8(9)13-10/h7H,3-6H2,1-2H3,(H,11,12). The van der Waals surface area contributed by atoms with E-state index in [0.717, 1.165) is 11.7 Å². The molecule has 1 aromatic heterocycles. The number of aromatic nitrogens is 1. The summed E-state index contributed by atoms with van der Waals surface area (Å²) >= 11 is 1.84. The molecule has 2 rings (SSSR count). The molecule has 0 fully saturated rings. The molecule has 0 saturated heterocycles. The van der Waals surface area contributed by atoms with Gasteiger partial charge in [0.25, 0.3) is 0 Å². The van der Waals surface area contributed by atoms with Crippen molar-refractivity contribution in [3.8, 4) is 0 Å². The van der Waals surface area contributed by atoms with Gasteiger partial charge >= 0.3 is 0 Å². The Morgan fingerprint density at radius 3 is 3.15 bits per heavy atom. The van der Waals surface area contributed by atoms with E-state index in [-0.39, 0.29) is 0 Å². The van der Waals surface area contributed by atoms with Crippen molar-refractivity contribution in [2.45, 2.75) is 39.0 Å². The molecule has 0 amide bonds. The molecule has 13 heavy (non-hydrogen) atoms. The molecule has 2 nitrogen and oxygen atoms in total. The van der Waals surface area contributed by atoms with Gasteiger partial charge in [-0.25, -0.2) is 4.98 Å². The Bertz CT molecular complexity index is 293. The van der Waals surface area contributed by atoms with Gasteiger partial charge in [-0.15, -0.1) is 11.3 Å². The molecule has 1 aliphatic rings. The van der Waals surface area contributed by atoms with Gasteiger partial charge in [0.05, 0.1) is 5.69 Å². The zero-order valence-corrected chi connectivity index (χ0v) is 9.08. The maximum atomic E-state index is 4.63. The monoisotopic (exact) mass is 196 g/mol. The fraction of sp³-hybridized carbons (Fsp3) is 0.700. The van der Waals surface area contributed by atoms with Crippen LogP contribution >= 0.6 is 11.3 Å². The molecule has 72 valence electrons. The molecule has 1 aromatic rings. The predicted octanol–water partition coefficient (Wildman–Crippen LogP) is 3.01. The van der Waals surface area contributed by atoms with Crippen LogP contribution in [0.4, 0.5) is 5.13 Å². The van der Waals surface area contributed by atoms with Crippen LogP contribution in [0.1, 0.15) is 43.2 Å². The molecule has 1 heterocycles. The quantitative estimate of drug-likeness (QED) is 0.786. The smallest absolute Gasteiger partial charge is 0.183 e. The van der Waals surface area contributed by atoms with Gasteiger partial charge in [0.15, 0.2) is 5.13 Å². The summed E-state index contributed by atoms with van der Waals surface area (Å²) in [5.74, 6) is 0.674. The van der Waals surface area contributed by atoms with Gasteiger partial charge in [-0.3, -0.25) is 0 Å². The van der Waals surface area contributed by atoms with E-state index in [1.165, 1.54) is 29.8 Å². The SMILES string of the molecule is CCNc1nc2c(s1)CCCC2C. The topological polar surface area (TPSA) is 24.9 Å². The summed E-state index contributed by atoms with van der Waals surface area (Å²) < 4.78 is 0. The molecule has 1 aliphatic carbocycles. The highest BCUT2D eigenvalue weighted by molar-refractivity contribution is 7.15. The van der Waals surface area contributed by atoms with Crippen molar-refractivity contribution < 1.29 is 0 Å². The first-order chi connectivity index (χ1) is 6.31. The predicted molar refractivity (Wildman–Crippen MR) is 57.6 cm³/mol. The summed E-state index contributed by atoms with van der Waals surface area (Å²) in [5.41, 5.74) is 1.35. The van der Waals surface area contributed by atoms with Crippen molar-refractivity contribution in [1.29, 1.82) is 0 Å². The lowest BCUT2D eigenvalue weighted by Gasteiger charge is -2.15. The van der Waals surface area contributed by atoms with E-state index in [1.807, 2.05) is 11.3 Å². The molecular formula is C10H16N2S. The Labute approximate surface area is 83.4 Å². The number of nitrogens with zero attached hydrogens (tertiary/aromatic N) is 1. The number of hydrogen-bond acceptors (Lipinski definition) is 3. The van der Waals surface area contributed by atoms with E-state index in [4.69, 9.17) is 0 Å². The second kappa shape index (κ2) is 3.66. The van der Waals surface area contributed by atoms with Gasteiger partial charge in [0.1, 0.15) is 0 Å². The van der Waals surface area contributed by atoms with Crippen molar-refractivity contribution >= 4 is 16.5 Å². The zero-order valence-electron chi connectivity index (χ0n) is 8.26. The molecular weight excluding hydrogens is 180 g/mol. The Balaban J connectivity index is 2.25. The highest BCUT2D eigenvalue weighted by atomic mass is 32.1. The zero-order chi connectivity index (χ0) is 9.26. The van der Waals surface area contributed by atoms with Crippen LogP contribution in [0, 0.1) is 0 Å². The average Bonchev–Trinajstić information content (AvgIpc) is 2.49. The number of anilines is 1. The second-order valence-electron chi connectivity index (χ2n) is 3.65. The molecule has 0 aliphatic heterocycles. The molecule has 0 bridgehead atoms. The lowest BCUT2D eigenvalue weighted by atomic mass is 9.93. The minimum atomic E-state index is 0.674. The Morgan fingerprint density at radius 1 is 1.62 bits per heavy atom. The fourth-order valence-electron chi connectivity index (χ4n) is 1.86. The first kappa shape index (κ1) is 9.00. The number of hydrogen-bond donors (Lipinski definition) is 1. The normalized spacial score (nSPS) is 21.2. The van der Waals surface area contributed by atoms with E-state index in [1.54, 1.807) is 0 Å². The van der Waals surface area contributed by atoms with Gasteiger partial charge in [-0.2, -0.15) is 0 Å². The molecule has 1 unspecified atom stereocenters. The minimum Gasteiger partial charge on any atom is -0.362 e. The maximum Gasteiger partial charge on any atom is 0.183 e. The maximum absolute atomic E-state index is 4.63. The third-order valence-electron chi connectivity index (χ3n) is 2.56. The van der Waals surface area contributed by atoms with Crippen LogP contribution in [-0.4, -0.2) is 11.5 Å².